The highest BCUT2D eigenvalue weighted by molar-refractivity contribution is 5.42. The molecule has 1 unspecified atom stereocenters. The van der Waals surface area contributed by atoms with Crippen molar-refractivity contribution in [1.29, 1.82) is 0 Å². The Labute approximate surface area is 107 Å². The van der Waals surface area contributed by atoms with Crippen molar-refractivity contribution in [2.45, 2.75) is 56.6 Å². The third kappa shape index (κ3) is 1.91. The predicted octanol–water partition coefficient (Wildman–Crippen LogP) is 3.49. The molecule has 1 fully saturated rings. The quantitative estimate of drug-likeness (QED) is 0.764. The van der Waals surface area contributed by atoms with E-state index in [1.165, 1.54) is 31.4 Å². The highest BCUT2D eigenvalue weighted by Crippen LogP contribution is 2.47. The molecule has 1 atom stereocenters. The lowest BCUT2D eigenvalue weighted by Crippen LogP contribution is -2.51. The molecular weight excluding hydrogens is 229 g/mol. The van der Waals surface area contributed by atoms with Gasteiger partial charge < -0.3 is 10.5 Å². The van der Waals surface area contributed by atoms with Crippen LogP contribution in [0.5, 0.6) is 5.75 Å². The number of halogens is 1. The van der Waals surface area contributed by atoms with Crippen molar-refractivity contribution in [2.75, 3.05) is 0 Å². The van der Waals surface area contributed by atoms with Gasteiger partial charge in [-0.05, 0) is 50.8 Å². The number of ether oxygens (including phenoxy) is 1. The molecular formula is C15H20FNO. The SMILES string of the molecule is CC1(N)CC2(CCCCC2)Oc2ccc(F)cc21. The maximum absolute atomic E-state index is 13.4. The lowest BCUT2D eigenvalue weighted by Gasteiger charge is -2.47. The molecule has 1 aliphatic carbocycles. The maximum Gasteiger partial charge on any atom is 0.125 e. The minimum absolute atomic E-state index is 0.118. The fraction of sp³-hybridized carbons (Fsp3) is 0.600. The van der Waals surface area contributed by atoms with Gasteiger partial charge in [-0.15, -0.1) is 0 Å². The average Bonchev–Trinajstić information content (AvgIpc) is 2.31. The zero-order valence-corrected chi connectivity index (χ0v) is 10.8. The number of benzene rings is 1. The van der Waals surface area contributed by atoms with Gasteiger partial charge in [0.1, 0.15) is 17.2 Å². The smallest absolute Gasteiger partial charge is 0.125 e. The second-order valence-corrected chi connectivity index (χ2v) is 6.08. The second-order valence-electron chi connectivity index (χ2n) is 6.08. The van der Waals surface area contributed by atoms with E-state index in [0.717, 1.165) is 30.6 Å². The first-order valence-corrected chi connectivity index (χ1v) is 6.79. The first kappa shape index (κ1) is 12.0. The molecule has 0 saturated heterocycles. The van der Waals surface area contributed by atoms with Crippen LogP contribution >= 0.6 is 0 Å². The molecule has 3 heteroatoms. The van der Waals surface area contributed by atoms with Gasteiger partial charge in [0.15, 0.2) is 0 Å². The van der Waals surface area contributed by atoms with Gasteiger partial charge >= 0.3 is 0 Å². The molecule has 0 aromatic heterocycles. The Morgan fingerprint density at radius 1 is 1.22 bits per heavy atom. The second kappa shape index (κ2) is 3.95. The monoisotopic (exact) mass is 249 g/mol. The van der Waals surface area contributed by atoms with Crippen LogP contribution in [0.15, 0.2) is 18.2 Å². The number of hydrogen-bond acceptors (Lipinski definition) is 2. The Morgan fingerprint density at radius 2 is 1.94 bits per heavy atom. The summed E-state index contributed by atoms with van der Waals surface area (Å²) in [4.78, 5) is 0. The topological polar surface area (TPSA) is 35.2 Å². The number of rotatable bonds is 0. The summed E-state index contributed by atoms with van der Waals surface area (Å²) < 4.78 is 19.6. The van der Waals surface area contributed by atoms with E-state index in [1.54, 1.807) is 6.07 Å². The van der Waals surface area contributed by atoms with Crippen LogP contribution in [0.4, 0.5) is 4.39 Å². The van der Waals surface area contributed by atoms with Gasteiger partial charge in [0.2, 0.25) is 0 Å². The van der Waals surface area contributed by atoms with Gasteiger partial charge in [0, 0.05) is 17.5 Å². The van der Waals surface area contributed by atoms with Gasteiger partial charge in [-0.1, -0.05) is 6.42 Å². The molecule has 2 nitrogen and oxygen atoms in total. The van der Waals surface area contributed by atoms with E-state index in [4.69, 9.17) is 10.5 Å². The van der Waals surface area contributed by atoms with Gasteiger partial charge in [-0.3, -0.25) is 0 Å². The average molecular weight is 249 g/mol. The lowest BCUT2D eigenvalue weighted by molar-refractivity contribution is -0.0148. The van der Waals surface area contributed by atoms with Crippen molar-refractivity contribution in [3.63, 3.8) is 0 Å². The number of hydrogen-bond donors (Lipinski definition) is 1. The summed E-state index contributed by atoms with van der Waals surface area (Å²) in [5, 5.41) is 0. The highest BCUT2D eigenvalue weighted by Gasteiger charge is 2.45. The summed E-state index contributed by atoms with van der Waals surface area (Å²) in [6.07, 6.45) is 6.60. The van der Waals surface area contributed by atoms with E-state index >= 15 is 0 Å². The Balaban J connectivity index is 2.02. The minimum atomic E-state index is -0.493. The number of nitrogens with two attached hydrogens (primary N) is 1. The van der Waals surface area contributed by atoms with Crippen LogP contribution in [0.3, 0.4) is 0 Å². The standard InChI is InChI=1S/C15H20FNO/c1-14(17)10-15(7-3-2-4-8-15)18-13-6-5-11(16)9-12(13)14/h5-6,9H,2-4,7-8,10,17H2,1H3. The molecule has 1 saturated carbocycles. The molecule has 0 amide bonds. The van der Waals surface area contributed by atoms with E-state index in [0.29, 0.717) is 0 Å². The van der Waals surface area contributed by atoms with Crippen LogP contribution in [0.2, 0.25) is 0 Å². The Hall–Kier alpha value is -1.09. The van der Waals surface area contributed by atoms with E-state index in [-0.39, 0.29) is 11.4 Å². The van der Waals surface area contributed by atoms with E-state index < -0.39 is 5.54 Å². The molecule has 2 aliphatic rings. The molecule has 18 heavy (non-hydrogen) atoms. The molecule has 2 N–H and O–H groups in total. The van der Waals surface area contributed by atoms with Gasteiger partial charge in [-0.2, -0.15) is 0 Å². The van der Waals surface area contributed by atoms with Crippen LogP contribution in [-0.2, 0) is 5.54 Å². The molecule has 0 radical (unpaired) electrons. The van der Waals surface area contributed by atoms with Crippen molar-refractivity contribution in [3.05, 3.63) is 29.6 Å². The van der Waals surface area contributed by atoms with Crippen molar-refractivity contribution in [2.24, 2.45) is 5.73 Å². The molecule has 3 rings (SSSR count). The number of fused-ring (bicyclic) bond motifs is 1. The molecule has 1 aliphatic heterocycles. The predicted molar refractivity (Wildman–Crippen MR) is 69.0 cm³/mol. The zero-order chi connectivity index (χ0) is 12.8. The summed E-state index contributed by atoms with van der Waals surface area (Å²) >= 11 is 0. The Kier molecular flexibility index (Phi) is 2.63. The van der Waals surface area contributed by atoms with Gasteiger partial charge in [0.05, 0.1) is 0 Å². The maximum atomic E-state index is 13.4. The van der Waals surface area contributed by atoms with Gasteiger partial charge in [-0.25, -0.2) is 4.39 Å². The molecule has 1 aromatic rings. The Morgan fingerprint density at radius 3 is 2.67 bits per heavy atom. The van der Waals surface area contributed by atoms with Crippen LogP contribution in [0, 0.1) is 5.82 Å². The fourth-order valence-corrected chi connectivity index (χ4v) is 3.55. The van der Waals surface area contributed by atoms with Crippen LogP contribution in [0.25, 0.3) is 0 Å². The Bertz CT molecular complexity index is 464. The van der Waals surface area contributed by atoms with E-state index in [9.17, 15) is 4.39 Å². The van der Waals surface area contributed by atoms with Gasteiger partial charge in [0.25, 0.3) is 0 Å². The molecule has 1 aromatic carbocycles. The third-order valence-corrected chi connectivity index (χ3v) is 4.34. The zero-order valence-electron chi connectivity index (χ0n) is 10.8. The van der Waals surface area contributed by atoms with E-state index in [2.05, 4.69) is 0 Å². The minimum Gasteiger partial charge on any atom is -0.487 e. The largest absolute Gasteiger partial charge is 0.487 e. The first-order valence-electron chi connectivity index (χ1n) is 6.79. The molecule has 98 valence electrons. The normalized spacial score (nSPS) is 29.7. The molecule has 0 bridgehead atoms. The summed E-state index contributed by atoms with van der Waals surface area (Å²) in [6, 6.07) is 4.70. The van der Waals surface area contributed by atoms with Crippen LogP contribution in [-0.4, -0.2) is 5.60 Å². The summed E-state index contributed by atoms with van der Waals surface area (Å²) in [5.74, 6) is 0.531. The molecule has 1 spiro atoms. The van der Waals surface area contributed by atoms with Crippen molar-refractivity contribution in [1.82, 2.24) is 0 Å². The van der Waals surface area contributed by atoms with Crippen LogP contribution < -0.4 is 10.5 Å². The molecule has 1 heterocycles. The fourth-order valence-electron chi connectivity index (χ4n) is 3.55. The van der Waals surface area contributed by atoms with E-state index in [1.807, 2.05) is 6.92 Å². The van der Waals surface area contributed by atoms with Crippen molar-refractivity contribution in [3.8, 4) is 5.75 Å². The summed E-state index contributed by atoms with van der Waals surface area (Å²) in [7, 11) is 0. The highest BCUT2D eigenvalue weighted by atomic mass is 19.1. The van der Waals surface area contributed by atoms with Crippen molar-refractivity contribution < 1.29 is 9.13 Å². The summed E-state index contributed by atoms with van der Waals surface area (Å²) in [6.45, 7) is 1.99. The first-order chi connectivity index (χ1) is 8.51. The lowest BCUT2D eigenvalue weighted by atomic mass is 9.72. The van der Waals surface area contributed by atoms with Crippen molar-refractivity contribution >= 4 is 0 Å². The van der Waals surface area contributed by atoms with Crippen LogP contribution in [0.1, 0.15) is 51.0 Å². The third-order valence-electron chi connectivity index (χ3n) is 4.34. The summed E-state index contributed by atoms with van der Waals surface area (Å²) in [5.41, 5.74) is 6.61.